The molecule has 128 valence electrons. The molecule has 2 aliphatic heterocycles. The van der Waals surface area contributed by atoms with Gasteiger partial charge in [0.15, 0.2) is 5.78 Å². The molecule has 0 amide bonds. The van der Waals surface area contributed by atoms with Crippen LogP contribution in [0.25, 0.3) is 11.1 Å². The molecular weight excluding hydrogens is 314 g/mol. The summed E-state index contributed by atoms with van der Waals surface area (Å²) in [6.07, 6.45) is 4.60. The molecule has 1 saturated carbocycles. The minimum absolute atomic E-state index is 0.0655. The van der Waals surface area contributed by atoms with Crippen molar-refractivity contribution in [1.29, 1.82) is 0 Å². The van der Waals surface area contributed by atoms with Gasteiger partial charge in [-0.25, -0.2) is 0 Å². The highest BCUT2D eigenvalue weighted by Crippen LogP contribution is 2.34. The third-order valence-corrected chi connectivity index (χ3v) is 5.51. The second-order valence-corrected chi connectivity index (χ2v) is 7.08. The van der Waals surface area contributed by atoms with E-state index in [0.29, 0.717) is 6.54 Å². The zero-order valence-electron chi connectivity index (χ0n) is 14.1. The molecular formula is C19H21N5O. The average Bonchev–Trinajstić information content (AvgIpc) is 3.41. The van der Waals surface area contributed by atoms with Gasteiger partial charge in [0.05, 0.1) is 24.1 Å². The molecule has 25 heavy (non-hydrogen) atoms. The number of aliphatic imine (C=N–C) groups is 1. The fraction of sp³-hybridized carbons (Fsp3) is 0.421. The van der Waals surface area contributed by atoms with E-state index in [1.165, 1.54) is 18.5 Å². The van der Waals surface area contributed by atoms with Gasteiger partial charge < -0.3 is 5.73 Å². The Labute approximate surface area is 146 Å². The van der Waals surface area contributed by atoms with Gasteiger partial charge in [0.1, 0.15) is 6.54 Å². The lowest BCUT2D eigenvalue weighted by molar-refractivity contribution is 0.1000. The molecule has 0 unspecified atom stereocenters. The number of ketones is 1. The maximum atomic E-state index is 12.1. The molecule has 3 heterocycles. The smallest absolute Gasteiger partial charge is 0.184 e. The summed E-state index contributed by atoms with van der Waals surface area (Å²) in [6.45, 7) is 3.55. The minimum atomic E-state index is 0.0655. The molecule has 0 saturated heterocycles. The van der Waals surface area contributed by atoms with Crippen LogP contribution >= 0.6 is 0 Å². The van der Waals surface area contributed by atoms with Crippen molar-refractivity contribution >= 4 is 11.5 Å². The number of rotatable bonds is 3. The summed E-state index contributed by atoms with van der Waals surface area (Å²) >= 11 is 0. The van der Waals surface area contributed by atoms with Gasteiger partial charge in [0.25, 0.3) is 0 Å². The lowest BCUT2D eigenvalue weighted by atomic mass is 9.92. The second kappa shape index (κ2) is 5.61. The van der Waals surface area contributed by atoms with Gasteiger partial charge in [0.2, 0.25) is 0 Å². The largest absolute Gasteiger partial charge is 0.325 e. The molecule has 3 aliphatic rings. The number of nitrogens with two attached hydrogens (primary N) is 1. The van der Waals surface area contributed by atoms with Crippen LogP contribution in [-0.4, -0.2) is 51.9 Å². The highest BCUT2D eigenvalue weighted by molar-refractivity contribution is 6.16. The first-order valence-electron chi connectivity index (χ1n) is 8.94. The fourth-order valence-corrected chi connectivity index (χ4v) is 3.96. The van der Waals surface area contributed by atoms with Crippen LogP contribution in [0.2, 0.25) is 0 Å². The van der Waals surface area contributed by atoms with Crippen LogP contribution in [0.4, 0.5) is 0 Å². The van der Waals surface area contributed by atoms with Crippen molar-refractivity contribution in [3.8, 4) is 11.1 Å². The Morgan fingerprint density at radius 3 is 2.84 bits per heavy atom. The minimum Gasteiger partial charge on any atom is -0.325 e. The number of carbonyl (C=O) groups is 1. The molecule has 0 radical (unpaired) electrons. The summed E-state index contributed by atoms with van der Waals surface area (Å²) in [6, 6.07) is 6.77. The fourth-order valence-electron chi connectivity index (χ4n) is 3.96. The van der Waals surface area contributed by atoms with Crippen molar-refractivity contribution in [3.63, 3.8) is 0 Å². The van der Waals surface area contributed by atoms with Crippen LogP contribution in [0, 0.1) is 0 Å². The third-order valence-electron chi connectivity index (χ3n) is 5.51. The van der Waals surface area contributed by atoms with E-state index in [1.807, 2.05) is 18.3 Å². The number of carbonyl (C=O) groups excluding carboxylic acids is 1. The van der Waals surface area contributed by atoms with Crippen LogP contribution in [-0.2, 0) is 13.1 Å². The maximum absolute atomic E-state index is 12.1. The van der Waals surface area contributed by atoms with Crippen molar-refractivity contribution < 1.29 is 4.79 Å². The van der Waals surface area contributed by atoms with E-state index < -0.39 is 0 Å². The zero-order chi connectivity index (χ0) is 17.0. The van der Waals surface area contributed by atoms with Crippen molar-refractivity contribution in [2.45, 2.75) is 32.0 Å². The Morgan fingerprint density at radius 2 is 2.04 bits per heavy atom. The molecule has 0 atom stereocenters. The van der Waals surface area contributed by atoms with Gasteiger partial charge in [-0.1, -0.05) is 12.1 Å². The highest BCUT2D eigenvalue weighted by atomic mass is 16.1. The molecule has 0 bridgehead atoms. The molecule has 6 nitrogen and oxygen atoms in total. The normalized spacial score (nSPS) is 20.2. The van der Waals surface area contributed by atoms with E-state index in [4.69, 9.17) is 5.73 Å². The van der Waals surface area contributed by atoms with Crippen LogP contribution < -0.4 is 5.73 Å². The Bertz CT molecular complexity index is 893. The SMILES string of the molecule is NCC1=NCC(=O)c2ccc(-c3cnn4c3CN(C3CC3)CC4)cc21. The summed E-state index contributed by atoms with van der Waals surface area (Å²) in [5.74, 6) is 0.0655. The quantitative estimate of drug-likeness (QED) is 0.921. The van der Waals surface area contributed by atoms with Crippen LogP contribution in [0.3, 0.4) is 0 Å². The average molecular weight is 335 g/mol. The number of Topliss-reactive ketones (excluding diaryl/α,β-unsaturated/α-hetero) is 1. The number of nitrogens with zero attached hydrogens (tertiary/aromatic N) is 4. The van der Waals surface area contributed by atoms with Gasteiger partial charge in [-0.2, -0.15) is 5.10 Å². The third kappa shape index (κ3) is 2.44. The molecule has 6 heteroatoms. The predicted octanol–water partition coefficient (Wildman–Crippen LogP) is 1.47. The van der Waals surface area contributed by atoms with Gasteiger partial charge in [-0.3, -0.25) is 19.4 Å². The summed E-state index contributed by atoms with van der Waals surface area (Å²) in [5.41, 5.74) is 11.8. The number of fused-ring (bicyclic) bond motifs is 2. The Balaban J connectivity index is 1.56. The molecule has 2 N–H and O–H groups in total. The summed E-state index contributed by atoms with van der Waals surface area (Å²) in [7, 11) is 0. The van der Waals surface area contributed by atoms with Crippen molar-refractivity contribution in [2.75, 3.05) is 19.6 Å². The standard InChI is InChI=1S/C19H21N5O/c20-8-17-15-7-12(1-4-14(15)19(25)10-21-17)16-9-22-24-6-5-23(11-18(16)24)13-2-3-13/h1,4,7,9,13H,2-3,5-6,8,10-11,20H2. The Morgan fingerprint density at radius 1 is 1.16 bits per heavy atom. The predicted molar refractivity (Wildman–Crippen MR) is 95.9 cm³/mol. The van der Waals surface area contributed by atoms with Gasteiger partial charge in [0, 0.05) is 42.4 Å². The highest BCUT2D eigenvalue weighted by Gasteiger charge is 2.32. The van der Waals surface area contributed by atoms with E-state index in [9.17, 15) is 4.79 Å². The first kappa shape index (κ1) is 15.0. The van der Waals surface area contributed by atoms with Gasteiger partial charge in [-0.15, -0.1) is 0 Å². The lowest BCUT2D eigenvalue weighted by Crippen LogP contribution is -2.35. The first-order valence-corrected chi connectivity index (χ1v) is 8.94. The number of hydrogen-bond donors (Lipinski definition) is 1. The van der Waals surface area contributed by atoms with E-state index in [2.05, 4.69) is 25.7 Å². The summed E-state index contributed by atoms with van der Waals surface area (Å²) < 4.78 is 2.12. The van der Waals surface area contributed by atoms with E-state index in [0.717, 1.165) is 53.6 Å². The first-order chi connectivity index (χ1) is 12.2. The topological polar surface area (TPSA) is 76.5 Å². The Hall–Kier alpha value is -2.31. The monoisotopic (exact) mass is 335 g/mol. The Kier molecular flexibility index (Phi) is 3.36. The van der Waals surface area contributed by atoms with Gasteiger partial charge in [-0.05, 0) is 24.5 Å². The second-order valence-electron chi connectivity index (χ2n) is 7.08. The van der Waals surface area contributed by atoms with Crippen LogP contribution in [0.5, 0.6) is 0 Å². The van der Waals surface area contributed by atoms with Crippen molar-refractivity contribution in [1.82, 2.24) is 14.7 Å². The number of hydrogen-bond acceptors (Lipinski definition) is 5. The molecule has 0 spiro atoms. The van der Waals surface area contributed by atoms with E-state index in [1.54, 1.807) is 0 Å². The summed E-state index contributed by atoms with van der Waals surface area (Å²) in [5, 5.41) is 4.58. The molecule has 5 rings (SSSR count). The zero-order valence-corrected chi connectivity index (χ0v) is 14.1. The maximum Gasteiger partial charge on any atom is 0.184 e. The van der Waals surface area contributed by atoms with Crippen molar-refractivity contribution in [2.24, 2.45) is 10.7 Å². The van der Waals surface area contributed by atoms with Crippen LogP contribution in [0.15, 0.2) is 29.4 Å². The summed E-state index contributed by atoms with van der Waals surface area (Å²) in [4.78, 5) is 19.0. The lowest BCUT2D eigenvalue weighted by Gasteiger charge is -2.28. The molecule has 2 aromatic rings. The molecule has 1 aliphatic carbocycles. The molecule has 1 aromatic carbocycles. The number of aromatic nitrogens is 2. The molecule has 1 aromatic heterocycles. The van der Waals surface area contributed by atoms with Gasteiger partial charge >= 0.3 is 0 Å². The molecule has 1 fully saturated rings. The number of benzene rings is 1. The van der Waals surface area contributed by atoms with E-state index >= 15 is 0 Å². The van der Waals surface area contributed by atoms with Crippen molar-refractivity contribution in [3.05, 3.63) is 41.2 Å². The van der Waals surface area contributed by atoms with E-state index in [-0.39, 0.29) is 12.3 Å². The van der Waals surface area contributed by atoms with Crippen LogP contribution in [0.1, 0.15) is 34.5 Å².